The Hall–Kier alpha value is -1.10. The summed E-state index contributed by atoms with van der Waals surface area (Å²) in [5.74, 6) is 1.89. The number of nitrogens with one attached hydrogen (secondary N) is 1. The fourth-order valence-corrected chi connectivity index (χ4v) is 4.21. The van der Waals surface area contributed by atoms with E-state index in [4.69, 9.17) is 0 Å². The Morgan fingerprint density at radius 2 is 1.59 bits per heavy atom. The molecule has 5 nitrogen and oxygen atoms in total. The highest BCUT2D eigenvalue weighted by atomic mass is 16.2. The first kappa shape index (κ1) is 23.9. The number of piperidine rings is 1. The zero-order chi connectivity index (χ0) is 20.1. The lowest BCUT2D eigenvalue weighted by Crippen LogP contribution is -2.39. The molecule has 1 saturated heterocycles. The molecule has 0 aliphatic carbocycles. The van der Waals surface area contributed by atoms with Gasteiger partial charge in [0.15, 0.2) is 0 Å². The maximum Gasteiger partial charge on any atom is 0.222 e. The van der Waals surface area contributed by atoms with Crippen LogP contribution in [-0.2, 0) is 9.59 Å². The van der Waals surface area contributed by atoms with Gasteiger partial charge in [-0.2, -0.15) is 0 Å². The van der Waals surface area contributed by atoms with Crippen molar-refractivity contribution >= 4 is 11.8 Å². The summed E-state index contributed by atoms with van der Waals surface area (Å²) in [6.07, 6.45) is 7.09. The van der Waals surface area contributed by atoms with Gasteiger partial charge in [0.25, 0.3) is 0 Å². The molecule has 0 aromatic carbocycles. The highest BCUT2D eigenvalue weighted by Crippen LogP contribution is 2.20. The van der Waals surface area contributed by atoms with E-state index in [1.54, 1.807) is 0 Å². The Morgan fingerprint density at radius 3 is 2.19 bits per heavy atom. The van der Waals surface area contributed by atoms with Gasteiger partial charge >= 0.3 is 0 Å². The highest BCUT2D eigenvalue weighted by molar-refractivity contribution is 5.78. The van der Waals surface area contributed by atoms with Crippen LogP contribution in [0.1, 0.15) is 79.1 Å². The molecule has 1 rings (SSSR count). The van der Waals surface area contributed by atoms with Crippen molar-refractivity contribution in [3.63, 3.8) is 0 Å². The van der Waals surface area contributed by atoms with Gasteiger partial charge in [0, 0.05) is 45.6 Å². The minimum atomic E-state index is 0.0838. The third-order valence-electron chi connectivity index (χ3n) is 5.30. The topological polar surface area (TPSA) is 52.7 Å². The number of unbranched alkanes of at least 4 members (excludes halogenated alkanes) is 1. The molecule has 158 valence electrons. The molecule has 0 saturated carbocycles. The number of likely N-dealkylation sites (tertiary alicyclic amines) is 1. The normalized spacial score (nSPS) is 20.4. The van der Waals surface area contributed by atoms with Crippen LogP contribution >= 0.6 is 0 Å². The third kappa shape index (κ3) is 10.7. The van der Waals surface area contributed by atoms with Crippen molar-refractivity contribution in [3.8, 4) is 0 Å². The lowest BCUT2D eigenvalue weighted by atomic mass is 9.92. The van der Waals surface area contributed by atoms with Gasteiger partial charge in [0.2, 0.25) is 11.8 Å². The van der Waals surface area contributed by atoms with Crippen molar-refractivity contribution in [1.82, 2.24) is 15.1 Å². The first-order valence-corrected chi connectivity index (χ1v) is 11.2. The molecule has 2 amide bonds. The van der Waals surface area contributed by atoms with Gasteiger partial charge in [-0.25, -0.2) is 0 Å². The molecule has 27 heavy (non-hydrogen) atoms. The van der Waals surface area contributed by atoms with Crippen LogP contribution in [0.15, 0.2) is 0 Å². The first-order chi connectivity index (χ1) is 13.0. The van der Waals surface area contributed by atoms with E-state index in [1.165, 1.54) is 19.5 Å². The lowest BCUT2D eigenvalue weighted by Gasteiger charge is -2.34. The van der Waals surface area contributed by atoms with Crippen LogP contribution in [-0.4, -0.2) is 60.9 Å². The molecule has 2 atom stereocenters. The van der Waals surface area contributed by atoms with E-state index in [0.717, 1.165) is 63.7 Å². The van der Waals surface area contributed by atoms with Crippen molar-refractivity contribution in [2.45, 2.75) is 79.1 Å². The van der Waals surface area contributed by atoms with Crippen LogP contribution < -0.4 is 5.32 Å². The summed E-state index contributed by atoms with van der Waals surface area (Å²) in [5.41, 5.74) is 0. The third-order valence-corrected chi connectivity index (χ3v) is 5.30. The number of carbonyl (C=O) groups excluding carboxylic acids is 2. The van der Waals surface area contributed by atoms with Gasteiger partial charge in [-0.15, -0.1) is 0 Å². The summed E-state index contributed by atoms with van der Waals surface area (Å²) < 4.78 is 0. The van der Waals surface area contributed by atoms with Gasteiger partial charge in [-0.05, 0) is 56.9 Å². The van der Waals surface area contributed by atoms with Crippen LogP contribution in [0.4, 0.5) is 0 Å². The Labute approximate surface area is 167 Å². The van der Waals surface area contributed by atoms with Crippen molar-refractivity contribution < 1.29 is 9.59 Å². The second-order valence-electron chi connectivity index (χ2n) is 8.50. The Kier molecular flexibility index (Phi) is 12.4. The quantitative estimate of drug-likeness (QED) is 0.495. The predicted molar refractivity (Wildman–Crippen MR) is 113 cm³/mol. The number of rotatable bonds is 13. The number of carbonyl (C=O) groups is 2. The summed E-state index contributed by atoms with van der Waals surface area (Å²) >= 11 is 0. The van der Waals surface area contributed by atoms with Crippen LogP contribution in [0, 0.1) is 11.8 Å². The second kappa shape index (κ2) is 14.0. The van der Waals surface area contributed by atoms with Crippen LogP contribution in [0.25, 0.3) is 0 Å². The van der Waals surface area contributed by atoms with Crippen molar-refractivity contribution in [2.75, 3.05) is 39.3 Å². The summed E-state index contributed by atoms with van der Waals surface area (Å²) in [6, 6.07) is 0. The zero-order valence-corrected chi connectivity index (χ0v) is 18.3. The van der Waals surface area contributed by atoms with Gasteiger partial charge in [-0.3, -0.25) is 9.59 Å². The molecule has 1 aliphatic rings. The monoisotopic (exact) mass is 381 g/mol. The van der Waals surface area contributed by atoms with E-state index in [2.05, 4.69) is 37.9 Å². The average Bonchev–Trinajstić information content (AvgIpc) is 2.60. The molecule has 1 N–H and O–H groups in total. The smallest absolute Gasteiger partial charge is 0.222 e. The molecule has 1 aliphatic heterocycles. The number of hydrogen-bond acceptors (Lipinski definition) is 3. The minimum absolute atomic E-state index is 0.0838. The standard InChI is InChI=1S/C22H43N3O2/c1-5-13-25(14-6-2)22(27)11-9-10-21(26)23-12-7-8-15-24-17-19(3)16-20(4)18-24/h19-20H,5-18H2,1-4H3,(H,23,26). The van der Waals surface area contributed by atoms with Crippen molar-refractivity contribution in [3.05, 3.63) is 0 Å². The molecule has 0 spiro atoms. The van der Waals surface area contributed by atoms with E-state index in [-0.39, 0.29) is 11.8 Å². The largest absolute Gasteiger partial charge is 0.356 e. The molecule has 1 heterocycles. The molecule has 0 radical (unpaired) electrons. The van der Waals surface area contributed by atoms with Gasteiger partial charge < -0.3 is 15.1 Å². The highest BCUT2D eigenvalue weighted by Gasteiger charge is 2.21. The van der Waals surface area contributed by atoms with Crippen LogP contribution in [0.5, 0.6) is 0 Å². The fourth-order valence-electron chi connectivity index (χ4n) is 4.21. The summed E-state index contributed by atoms with van der Waals surface area (Å²) in [7, 11) is 0. The molecule has 1 fully saturated rings. The van der Waals surface area contributed by atoms with Gasteiger partial charge in [0.05, 0.1) is 0 Å². The first-order valence-electron chi connectivity index (χ1n) is 11.2. The SMILES string of the molecule is CCCN(CCC)C(=O)CCCC(=O)NCCCCN1CC(C)CC(C)C1. The predicted octanol–water partition coefficient (Wildman–Crippen LogP) is 3.68. The lowest BCUT2D eigenvalue weighted by molar-refractivity contribution is -0.131. The Morgan fingerprint density at radius 1 is 0.963 bits per heavy atom. The number of nitrogens with zero attached hydrogens (tertiary/aromatic N) is 2. The van der Waals surface area contributed by atoms with Crippen LogP contribution in [0.3, 0.4) is 0 Å². The minimum Gasteiger partial charge on any atom is -0.356 e. The van der Waals surface area contributed by atoms with Gasteiger partial charge in [0.1, 0.15) is 0 Å². The summed E-state index contributed by atoms with van der Waals surface area (Å²) in [6.45, 7) is 14.9. The zero-order valence-electron chi connectivity index (χ0n) is 18.3. The number of hydrogen-bond donors (Lipinski definition) is 1. The van der Waals surface area contributed by atoms with Crippen molar-refractivity contribution in [2.24, 2.45) is 11.8 Å². The molecule has 0 aromatic rings. The van der Waals surface area contributed by atoms with E-state index >= 15 is 0 Å². The van der Waals surface area contributed by atoms with E-state index in [9.17, 15) is 9.59 Å². The van der Waals surface area contributed by atoms with E-state index < -0.39 is 0 Å². The maximum atomic E-state index is 12.2. The van der Waals surface area contributed by atoms with Crippen LogP contribution in [0.2, 0.25) is 0 Å². The molecule has 2 unspecified atom stereocenters. The molecule has 5 heteroatoms. The molecule has 0 bridgehead atoms. The Balaban J connectivity index is 2.06. The number of amides is 2. The fraction of sp³-hybridized carbons (Fsp3) is 0.909. The summed E-state index contributed by atoms with van der Waals surface area (Å²) in [5, 5.41) is 3.01. The molecule has 0 aromatic heterocycles. The molecular formula is C22H43N3O2. The Bertz CT molecular complexity index is 412. The average molecular weight is 382 g/mol. The second-order valence-corrected chi connectivity index (χ2v) is 8.50. The summed E-state index contributed by atoms with van der Waals surface area (Å²) in [4.78, 5) is 28.6. The maximum absolute atomic E-state index is 12.2. The van der Waals surface area contributed by atoms with Crippen molar-refractivity contribution in [1.29, 1.82) is 0 Å². The van der Waals surface area contributed by atoms with Gasteiger partial charge in [-0.1, -0.05) is 27.7 Å². The molecular weight excluding hydrogens is 338 g/mol. The van der Waals surface area contributed by atoms with E-state index in [1.807, 2.05) is 4.90 Å². The van der Waals surface area contributed by atoms with E-state index in [0.29, 0.717) is 19.3 Å².